The van der Waals surface area contributed by atoms with Crippen LogP contribution in [-0.2, 0) is 7.05 Å². The Balaban J connectivity index is 2.39. The van der Waals surface area contributed by atoms with Crippen molar-refractivity contribution in [1.29, 1.82) is 0 Å². The zero-order valence-electron chi connectivity index (χ0n) is 15.5. The topological polar surface area (TPSA) is 82.6 Å². The summed E-state index contributed by atoms with van der Waals surface area (Å²) in [6.45, 7) is 0. The first-order valence-corrected chi connectivity index (χ1v) is 8.06. The summed E-state index contributed by atoms with van der Waals surface area (Å²) >= 11 is 0. The van der Waals surface area contributed by atoms with E-state index in [0.29, 0.717) is 22.6 Å². The lowest BCUT2D eigenvalue weighted by Gasteiger charge is -2.16. The number of ether oxygens (including phenoxy) is 2. The Hall–Kier alpha value is -3.22. The Kier molecular flexibility index (Phi) is 4.46. The van der Waals surface area contributed by atoms with Gasteiger partial charge in [0.25, 0.3) is 5.56 Å². The van der Waals surface area contributed by atoms with E-state index in [1.54, 1.807) is 38.2 Å². The summed E-state index contributed by atoms with van der Waals surface area (Å²) in [5, 5.41) is 1.35. The lowest BCUT2D eigenvalue weighted by molar-refractivity contribution is 0.399. The van der Waals surface area contributed by atoms with E-state index >= 15 is 0 Å². The van der Waals surface area contributed by atoms with Crippen LogP contribution in [0.25, 0.3) is 21.9 Å². The molecule has 2 N–H and O–H groups in total. The molecule has 1 aromatic carbocycles. The van der Waals surface area contributed by atoms with Gasteiger partial charge in [-0.1, -0.05) is 0 Å². The fraction of sp³-hybridized carbons (Fsp3) is 0.263. The molecule has 0 saturated heterocycles. The van der Waals surface area contributed by atoms with Crippen LogP contribution in [0.3, 0.4) is 0 Å². The maximum absolute atomic E-state index is 12.5. The summed E-state index contributed by atoms with van der Waals surface area (Å²) in [7, 11) is 8.65. The van der Waals surface area contributed by atoms with Crippen LogP contribution in [0.5, 0.6) is 11.5 Å². The van der Waals surface area contributed by atoms with Crippen molar-refractivity contribution in [2.45, 2.75) is 0 Å². The minimum absolute atomic E-state index is 0.101. The molecule has 0 saturated carbocycles. The first-order chi connectivity index (χ1) is 12.4. The average molecular weight is 354 g/mol. The van der Waals surface area contributed by atoms with Gasteiger partial charge in [0.05, 0.1) is 19.6 Å². The van der Waals surface area contributed by atoms with E-state index in [4.69, 9.17) is 15.2 Å². The van der Waals surface area contributed by atoms with Gasteiger partial charge in [0.15, 0.2) is 0 Å². The Morgan fingerprint density at radius 2 is 1.69 bits per heavy atom. The molecule has 0 aliphatic rings. The van der Waals surface area contributed by atoms with E-state index in [0.717, 1.165) is 22.3 Å². The average Bonchev–Trinajstić information content (AvgIpc) is 2.64. The highest BCUT2D eigenvalue weighted by Gasteiger charge is 2.15. The van der Waals surface area contributed by atoms with Gasteiger partial charge >= 0.3 is 0 Å². The third-order valence-electron chi connectivity index (χ3n) is 4.37. The Labute approximate surface area is 151 Å². The van der Waals surface area contributed by atoms with Crippen LogP contribution in [0.2, 0.25) is 0 Å². The van der Waals surface area contributed by atoms with Crippen LogP contribution in [0.4, 0.5) is 11.5 Å². The molecule has 0 spiro atoms. The van der Waals surface area contributed by atoms with Crippen molar-refractivity contribution in [3.63, 3.8) is 0 Å². The summed E-state index contributed by atoms with van der Waals surface area (Å²) in [6.07, 6.45) is 3.41. The maximum Gasteiger partial charge on any atom is 0.259 e. The van der Waals surface area contributed by atoms with Crippen molar-refractivity contribution >= 4 is 22.3 Å². The van der Waals surface area contributed by atoms with Gasteiger partial charge in [-0.15, -0.1) is 0 Å². The third kappa shape index (κ3) is 2.81. The SMILES string of the molecule is COc1cc(-c2cn(C)c(=O)c3cnc(N(C)C)cc23)cc(OC)c1N. The van der Waals surface area contributed by atoms with Crippen LogP contribution in [0, 0.1) is 0 Å². The van der Waals surface area contributed by atoms with Crippen LogP contribution in [-0.4, -0.2) is 37.9 Å². The predicted molar refractivity (Wildman–Crippen MR) is 104 cm³/mol. The van der Waals surface area contributed by atoms with Crippen molar-refractivity contribution in [1.82, 2.24) is 9.55 Å². The molecule has 26 heavy (non-hydrogen) atoms. The van der Waals surface area contributed by atoms with Crippen molar-refractivity contribution in [3.05, 3.63) is 40.9 Å². The molecule has 0 amide bonds. The molecule has 7 heteroatoms. The zero-order valence-corrected chi connectivity index (χ0v) is 15.5. The largest absolute Gasteiger partial charge is 0.494 e. The lowest BCUT2D eigenvalue weighted by Crippen LogP contribution is -2.18. The molecule has 0 aliphatic heterocycles. The van der Waals surface area contributed by atoms with Crippen LogP contribution in [0.1, 0.15) is 0 Å². The number of nitrogens with two attached hydrogens (primary N) is 1. The quantitative estimate of drug-likeness (QED) is 0.724. The summed E-state index contributed by atoms with van der Waals surface area (Å²) < 4.78 is 12.3. The molecule has 3 rings (SSSR count). The summed E-state index contributed by atoms with van der Waals surface area (Å²) in [5.41, 5.74) is 8.10. The second-order valence-corrected chi connectivity index (χ2v) is 6.24. The molecular formula is C19H22N4O3. The Bertz CT molecular complexity index is 1020. The van der Waals surface area contributed by atoms with Crippen molar-refractivity contribution in [2.24, 2.45) is 7.05 Å². The van der Waals surface area contributed by atoms with E-state index in [-0.39, 0.29) is 5.56 Å². The molecular weight excluding hydrogens is 332 g/mol. The van der Waals surface area contributed by atoms with Gasteiger partial charge in [-0.25, -0.2) is 4.98 Å². The first kappa shape index (κ1) is 17.6. The zero-order chi connectivity index (χ0) is 19.0. The number of aromatic nitrogens is 2. The number of hydrogen-bond donors (Lipinski definition) is 1. The molecule has 0 radical (unpaired) electrons. The van der Waals surface area contributed by atoms with E-state index in [9.17, 15) is 4.79 Å². The smallest absolute Gasteiger partial charge is 0.259 e. The van der Waals surface area contributed by atoms with E-state index in [1.807, 2.05) is 37.2 Å². The number of anilines is 2. The number of nitrogens with zero attached hydrogens (tertiary/aromatic N) is 3. The number of pyridine rings is 2. The summed E-state index contributed by atoms with van der Waals surface area (Å²) in [5.74, 6) is 1.80. The number of hydrogen-bond acceptors (Lipinski definition) is 6. The number of benzene rings is 1. The van der Waals surface area contributed by atoms with Crippen LogP contribution < -0.4 is 25.7 Å². The lowest BCUT2D eigenvalue weighted by atomic mass is 10.0. The van der Waals surface area contributed by atoms with E-state index < -0.39 is 0 Å². The number of rotatable bonds is 4. The minimum atomic E-state index is -0.101. The predicted octanol–water partition coefficient (Wildman–Crippen LogP) is 2.27. The minimum Gasteiger partial charge on any atom is -0.494 e. The fourth-order valence-corrected chi connectivity index (χ4v) is 2.92. The van der Waals surface area contributed by atoms with Gasteiger partial charge in [-0.3, -0.25) is 4.79 Å². The second-order valence-electron chi connectivity index (χ2n) is 6.24. The number of fused-ring (bicyclic) bond motifs is 1. The highest BCUT2D eigenvalue weighted by Crippen LogP contribution is 2.39. The van der Waals surface area contributed by atoms with Crippen LogP contribution in [0.15, 0.2) is 35.4 Å². The molecule has 136 valence electrons. The monoisotopic (exact) mass is 354 g/mol. The molecule has 0 atom stereocenters. The second kappa shape index (κ2) is 6.59. The first-order valence-electron chi connectivity index (χ1n) is 8.06. The summed E-state index contributed by atoms with van der Waals surface area (Å²) in [6, 6.07) is 5.58. The highest BCUT2D eigenvalue weighted by atomic mass is 16.5. The molecule has 7 nitrogen and oxygen atoms in total. The Morgan fingerprint density at radius 3 is 2.23 bits per heavy atom. The normalized spacial score (nSPS) is 10.8. The van der Waals surface area contributed by atoms with Crippen molar-refractivity contribution in [3.8, 4) is 22.6 Å². The number of methoxy groups -OCH3 is 2. The molecule has 0 bridgehead atoms. The molecule has 0 aliphatic carbocycles. The van der Waals surface area contributed by atoms with Gasteiger partial charge in [-0.2, -0.15) is 0 Å². The molecule has 0 fully saturated rings. The fourth-order valence-electron chi connectivity index (χ4n) is 2.92. The van der Waals surface area contributed by atoms with E-state index in [1.165, 1.54) is 0 Å². The van der Waals surface area contributed by atoms with Gasteiger partial charge in [-0.05, 0) is 23.8 Å². The highest BCUT2D eigenvalue weighted by molar-refractivity contribution is 5.97. The molecule has 3 aromatic rings. The van der Waals surface area contributed by atoms with Gasteiger partial charge in [0, 0.05) is 44.5 Å². The molecule has 2 aromatic heterocycles. The third-order valence-corrected chi connectivity index (χ3v) is 4.37. The standard InChI is InChI=1S/C19H22N4O3/c1-22(2)17-8-12-13(9-21-17)19(24)23(3)10-14(12)11-6-15(25-4)18(20)16(7-11)26-5/h6-10H,20H2,1-5H3. The number of nitrogen functional groups attached to an aromatic ring is 1. The van der Waals surface area contributed by atoms with Gasteiger partial charge in [0.1, 0.15) is 23.0 Å². The Morgan fingerprint density at radius 1 is 1.08 bits per heavy atom. The molecule has 2 heterocycles. The van der Waals surface area contributed by atoms with Gasteiger partial charge < -0.3 is 24.7 Å². The van der Waals surface area contributed by atoms with Crippen molar-refractivity contribution < 1.29 is 9.47 Å². The van der Waals surface area contributed by atoms with Crippen LogP contribution >= 0.6 is 0 Å². The maximum atomic E-state index is 12.5. The molecule has 0 unspecified atom stereocenters. The summed E-state index contributed by atoms with van der Waals surface area (Å²) in [4.78, 5) is 18.8. The van der Waals surface area contributed by atoms with E-state index in [2.05, 4.69) is 4.98 Å². The van der Waals surface area contributed by atoms with Gasteiger partial charge in [0.2, 0.25) is 0 Å². The van der Waals surface area contributed by atoms with Crippen molar-refractivity contribution in [2.75, 3.05) is 38.9 Å². The number of aryl methyl sites for hydroxylation is 1.